The van der Waals surface area contributed by atoms with Crippen molar-refractivity contribution in [1.29, 1.82) is 0 Å². The number of pyridine rings is 1. The van der Waals surface area contributed by atoms with Gasteiger partial charge in [0.1, 0.15) is 23.3 Å². The van der Waals surface area contributed by atoms with Gasteiger partial charge in [0, 0.05) is 36.2 Å². The molecule has 4 heterocycles. The molecule has 1 fully saturated rings. The van der Waals surface area contributed by atoms with Crippen molar-refractivity contribution in [2.24, 2.45) is 0 Å². The maximum Gasteiger partial charge on any atom is 0.410 e. The number of benzene rings is 2. The number of rotatable bonds is 10. The lowest BCUT2D eigenvalue weighted by molar-refractivity contribution is 0.00490. The van der Waals surface area contributed by atoms with Gasteiger partial charge >= 0.3 is 6.09 Å². The van der Waals surface area contributed by atoms with Crippen LogP contribution >= 0.6 is 0 Å². The van der Waals surface area contributed by atoms with Crippen LogP contribution in [0.2, 0.25) is 18.1 Å². The average molecular weight is 765 g/mol. The molecule has 2 aromatic carbocycles. The van der Waals surface area contributed by atoms with Crippen molar-refractivity contribution in [2.45, 2.75) is 117 Å². The monoisotopic (exact) mass is 764 g/mol. The predicted octanol–water partition coefficient (Wildman–Crippen LogP) is 10.1. The topological polar surface area (TPSA) is 86.1 Å². The minimum atomic E-state index is -2.30. The van der Waals surface area contributed by atoms with Gasteiger partial charge in [-0.3, -0.25) is 4.79 Å². The molecule has 0 radical (unpaired) electrons. The van der Waals surface area contributed by atoms with E-state index in [1.807, 2.05) is 62.2 Å². The first-order chi connectivity index (χ1) is 25.9. The average Bonchev–Trinajstić information content (AvgIpc) is 3.79. The Hall–Kier alpha value is -4.41. The van der Waals surface area contributed by atoms with Gasteiger partial charge in [0.25, 0.3) is 5.91 Å². The van der Waals surface area contributed by atoms with Gasteiger partial charge in [0.15, 0.2) is 8.32 Å². The molecule has 2 unspecified atom stereocenters. The Balaban J connectivity index is 1.24. The number of hydrogen-bond donors (Lipinski definition) is 0. The summed E-state index contributed by atoms with van der Waals surface area (Å²) >= 11 is 0. The quantitative estimate of drug-likeness (QED) is 0.150. The molecule has 2 aliphatic heterocycles. The molecule has 9 nitrogen and oxygen atoms in total. The lowest BCUT2D eigenvalue weighted by Gasteiger charge is -2.41. The molecule has 2 atom stereocenters. The normalized spacial score (nSPS) is 16.7. The van der Waals surface area contributed by atoms with Crippen molar-refractivity contribution in [3.05, 3.63) is 101 Å². The lowest BCUT2D eigenvalue weighted by Crippen LogP contribution is -2.48. The molecule has 2 amide bonds. The summed E-state index contributed by atoms with van der Waals surface area (Å²) in [4.78, 5) is 35.7. The van der Waals surface area contributed by atoms with Gasteiger partial charge in [-0.05, 0) is 143 Å². The second-order valence-corrected chi connectivity index (χ2v) is 22.6. The highest BCUT2D eigenvalue weighted by Gasteiger charge is 2.41. The Morgan fingerprint density at radius 3 is 2.25 bits per heavy atom. The number of ether oxygens (including phenoxy) is 2. The molecule has 0 bridgehead atoms. The number of hydrogen-bond acceptors (Lipinski definition) is 6. The number of carbonyl (C=O) groups excluding carboxylic acids is 2. The van der Waals surface area contributed by atoms with E-state index in [4.69, 9.17) is 18.9 Å². The number of amides is 2. The fraction of sp³-hybridized carbons (Fsp3) is 0.489. The first-order valence-corrected chi connectivity index (χ1v) is 22.8. The van der Waals surface area contributed by atoms with Crippen LogP contribution in [0.15, 0.2) is 72.9 Å². The molecule has 0 saturated carbocycles. The van der Waals surface area contributed by atoms with E-state index >= 15 is 0 Å². The lowest BCUT2D eigenvalue weighted by atomic mass is 9.96. The summed E-state index contributed by atoms with van der Waals surface area (Å²) in [6.45, 7) is 23.3. The van der Waals surface area contributed by atoms with Gasteiger partial charge in [0.2, 0.25) is 0 Å². The molecule has 2 aromatic heterocycles. The predicted molar refractivity (Wildman–Crippen MR) is 222 cm³/mol. The van der Waals surface area contributed by atoms with Crippen LogP contribution in [-0.4, -0.2) is 77.6 Å². The zero-order valence-corrected chi connectivity index (χ0v) is 35.6. The molecule has 0 aliphatic carbocycles. The van der Waals surface area contributed by atoms with Crippen LogP contribution in [0.1, 0.15) is 99.8 Å². The minimum Gasteiger partial charge on any atom is -0.488 e. The van der Waals surface area contributed by atoms with Crippen molar-refractivity contribution in [1.82, 2.24) is 19.4 Å². The van der Waals surface area contributed by atoms with Crippen LogP contribution < -0.4 is 4.74 Å². The van der Waals surface area contributed by atoms with E-state index in [0.717, 1.165) is 89.5 Å². The van der Waals surface area contributed by atoms with Crippen LogP contribution in [-0.2, 0) is 15.6 Å². The van der Waals surface area contributed by atoms with E-state index in [-0.39, 0.29) is 17.0 Å². The Bertz CT molecular complexity index is 1970. The van der Waals surface area contributed by atoms with Crippen LogP contribution in [0.3, 0.4) is 0 Å². The summed E-state index contributed by atoms with van der Waals surface area (Å²) in [5.74, 6) is 1.77. The molecule has 4 aromatic rings. The number of carbonyl (C=O) groups is 2. The summed E-state index contributed by atoms with van der Waals surface area (Å²) in [5.41, 5.74) is 6.39. The smallest absolute Gasteiger partial charge is 0.410 e. The van der Waals surface area contributed by atoms with Gasteiger partial charge in [-0.2, -0.15) is 0 Å². The third-order valence-electron chi connectivity index (χ3n) is 11.3. The second kappa shape index (κ2) is 16.0. The number of likely N-dealkylation sites (tertiary alicyclic amines) is 1. The summed E-state index contributed by atoms with van der Waals surface area (Å²) in [5, 5.41) is -0.0471. The SMILES string of the molecule is Cc1ccc(C)n1-c1ccc(C(CN(CC2CCc3cc(-c4cccc(C(=O)N5CCCC5)c4)ccc3O2)C(=O)OC(C)(C)C)O[Si](C)(C)C(C)(C)C)cn1. The van der Waals surface area contributed by atoms with Gasteiger partial charge in [-0.25, -0.2) is 9.78 Å². The molecule has 1 saturated heterocycles. The fourth-order valence-corrected chi connectivity index (χ4v) is 8.45. The summed E-state index contributed by atoms with van der Waals surface area (Å²) in [6, 6.07) is 22.5. The number of fused-ring (bicyclic) bond motifs is 1. The molecule has 10 heteroatoms. The van der Waals surface area contributed by atoms with Gasteiger partial charge in [-0.1, -0.05) is 45.0 Å². The van der Waals surface area contributed by atoms with Crippen LogP contribution in [0.25, 0.3) is 16.9 Å². The number of aromatic nitrogens is 2. The summed E-state index contributed by atoms with van der Waals surface area (Å²) in [7, 11) is -2.30. The van der Waals surface area contributed by atoms with Crippen molar-refractivity contribution >= 4 is 20.3 Å². The minimum absolute atomic E-state index is 0.0471. The van der Waals surface area contributed by atoms with Gasteiger partial charge < -0.3 is 28.3 Å². The van der Waals surface area contributed by atoms with Crippen molar-refractivity contribution in [3.8, 4) is 22.7 Å². The maximum atomic E-state index is 14.0. The van der Waals surface area contributed by atoms with Gasteiger partial charge in [-0.15, -0.1) is 0 Å². The Morgan fingerprint density at radius 2 is 1.62 bits per heavy atom. The van der Waals surface area contributed by atoms with Crippen LogP contribution in [0.4, 0.5) is 4.79 Å². The molecule has 0 N–H and O–H groups in total. The van der Waals surface area contributed by atoms with E-state index in [2.05, 4.69) is 88.7 Å². The highest BCUT2D eigenvalue weighted by Crippen LogP contribution is 2.40. The van der Waals surface area contributed by atoms with E-state index in [1.54, 1.807) is 4.90 Å². The Morgan fingerprint density at radius 1 is 0.927 bits per heavy atom. The zero-order chi connectivity index (χ0) is 39.7. The zero-order valence-electron chi connectivity index (χ0n) is 34.6. The molecule has 55 heavy (non-hydrogen) atoms. The largest absolute Gasteiger partial charge is 0.488 e. The summed E-state index contributed by atoms with van der Waals surface area (Å²) in [6.07, 6.45) is 4.51. The van der Waals surface area contributed by atoms with Crippen molar-refractivity contribution in [2.75, 3.05) is 26.2 Å². The van der Waals surface area contributed by atoms with Crippen LogP contribution in [0.5, 0.6) is 5.75 Å². The molecule has 2 aliphatic rings. The summed E-state index contributed by atoms with van der Waals surface area (Å²) < 4.78 is 21.9. The third kappa shape index (κ3) is 9.52. The van der Waals surface area contributed by atoms with E-state index in [9.17, 15) is 9.59 Å². The van der Waals surface area contributed by atoms with E-state index < -0.39 is 26.1 Å². The molecule has 294 valence electrons. The third-order valence-corrected chi connectivity index (χ3v) is 15.8. The Kier molecular flexibility index (Phi) is 11.7. The molecule has 0 spiro atoms. The van der Waals surface area contributed by atoms with E-state index in [0.29, 0.717) is 13.1 Å². The standard InChI is InChI=1S/C45H60N4O5Si/c1-31-16-17-32(2)49(31)41-23-20-37(28-46-41)40(54-55(9,10)45(6,7)8)30-48(43(51)53-44(3,4)5)29-38-21-18-35-26-34(19-22-39(35)52-38)33-14-13-15-36(27-33)42(50)47-24-11-12-25-47/h13-17,19-20,22-23,26-28,38,40H,11-12,18,21,24-25,29-30H2,1-10H3. The first-order valence-electron chi connectivity index (χ1n) is 19.8. The second-order valence-electron chi connectivity index (χ2n) is 17.8. The maximum absolute atomic E-state index is 14.0. The van der Waals surface area contributed by atoms with E-state index in [1.165, 1.54) is 0 Å². The molecular weight excluding hydrogens is 705 g/mol. The van der Waals surface area contributed by atoms with Crippen LogP contribution in [0, 0.1) is 13.8 Å². The highest BCUT2D eigenvalue weighted by atomic mass is 28.4. The number of nitrogens with zero attached hydrogens (tertiary/aromatic N) is 4. The number of aryl methyl sites for hydroxylation is 3. The fourth-order valence-electron chi connectivity index (χ4n) is 7.18. The molecule has 6 rings (SSSR count). The first kappa shape index (κ1) is 40.3. The van der Waals surface area contributed by atoms with Crippen molar-refractivity contribution in [3.63, 3.8) is 0 Å². The van der Waals surface area contributed by atoms with Crippen molar-refractivity contribution < 1.29 is 23.5 Å². The Labute approximate surface area is 329 Å². The molecular formula is C45H60N4O5Si. The highest BCUT2D eigenvalue weighted by molar-refractivity contribution is 6.74. The van der Waals surface area contributed by atoms with Gasteiger partial charge in [0.05, 0.1) is 19.2 Å².